The van der Waals surface area contributed by atoms with Crippen LogP contribution >= 0.6 is 0 Å². The second-order valence-corrected chi connectivity index (χ2v) is 5.86. The zero-order valence-electron chi connectivity index (χ0n) is 14.1. The van der Waals surface area contributed by atoms with Crippen molar-refractivity contribution in [2.24, 2.45) is 0 Å². The van der Waals surface area contributed by atoms with Gasteiger partial charge in [-0.2, -0.15) is 0 Å². The van der Waals surface area contributed by atoms with Gasteiger partial charge in [-0.3, -0.25) is 0 Å². The minimum absolute atomic E-state index is 0.0933. The third-order valence-corrected chi connectivity index (χ3v) is 4.14. The van der Waals surface area contributed by atoms with Gasteiger partial charge in [-0.15, -0.1) is 0 Å². The SMILES string of the molecule is CCOc1ccccc1NC(=O)NCC1(O)CCOc2ccccc21. The summed E-state index contributed by atoms with van der Waals surface area (Å²) in [5, 5.41) is 16.4. The fourth-order valence-corrected chi connectivity index (χ4v) is 2.87. The van der Waals surface area contributed by atoms with E-state index in [4.69, 9.17) is 9.47 Å². The number of amides is 2. The van der Waals surface area contributed by atoms with Crippen LogP contribution in [-0.2, 0) is 5.60 Å². The van der Waals surface area contributed by atoms with Crippen molar-refractivity contribution in [2.45, 2.75) is 18.9 Å². The average molecular weight is 342 g/mol. The molecule has 2 aromatic rings. The molecule has 0 saturated heterocycles. The Labute approximate surface area is 146 Å². The number of nitrogens with one attached hydrogen (secondary N) is 2. The van der Waals surface area contributed by atoms with Gasteiger partial charge in [0.15, 0.2) is 0 Å². The van der Waals surface area contributed by atoms with Gasteiger partial charge < -0.3 is 25.2 Å². The Kier molecular flexibility index (Phi) is 5.09. The molecule has 0 aromatic heterocycles. The van der Waals surface area contributed by atoms with Crippen LogP contribution in [0.3, 0.4) is 0 Å². The zero-order chi connectivity index (χ0) is 17.7. The number of ether oxygens (including phenoxy) is 2. The molecule has 3 rings (SSSR count). The van der Waals surface area contributed by atoms with Gasteiger partial charge in [-0.1, -0.05) is 30.3 Å². The van der Waals surface area contributed by atoms with Gasteiger partial charge >= 0.3 is 6.03 Å². The van der Waals surface area contributed by atoms with Crippen LogP contribution in [0, 0.1) is 0 Å². The number of hydrogen-bond donors (Lipinski definition) is 3. The predicted molar refractivity (Wildman–Crippen MR) is 95.1 cm³/mol. The summed E-state index contributed by atoms with van der Waals surface area (Å²) >= 11 is 0. The molecule has 1 heterocycles. The topological polar surface area (TPSA) is 79.8 Å². The standard InChI is InChI=1S/C19H22N2O4/c1-2-24-17-10-6-4-8-15(17)21-18(22)20-13-19(23)11-12-25-16-9-5-3-7-14(16)19/h3-10,23H,2,11-13H2,1H3,(H2,20,21,22). The first kappa shape index (κ1) is 17.1. The highest BCUT2D eigenvalue weighted by atomic mass is 16.5. The maximum absolute atomic E-state index is 12.2. The number of carbonyl (C=O) groups is 1. The summed E-state index contributed by atoms with van der Waals surface area (Å²) < 4.78 is 11.0. The summed E-state index contributed by atoms with van der Waals surface area (Å²) in [6.45, 7) is 2.89. The lowest BCUT2D eigenvalue weighted by molar-refractivity contribution is 0.000398. The molecule has 0 fully saturated rings. The summed E-state index contributed by atoms with van der Waals surface area (Å²) in [4.78, 5) is 12.2. The first-order valence-electron chi connectivity index (χ1n) is 8.34. The first-order chi connectivity index (χ1) is 12.1. The number of aliphatic hydroxyl groups is 1. The molecule has 132 valence electrons. The number of anilines is 1. The number of para-hydroxylation sites is 3. The second-order valence-electron chi connectivity index (χ2n) is 5.86. The van der Waals surface area contributed by atoms with Crippen molar-refractivity contribution >= 4 is 11.7 Å². The van der Waals surface area contributed by atoms with Crippen LogP contribution in [0.15, 0.2) is 48.5 Å². The van der Waals surface area contributed by atoms with Gasteiger partial charge in [-0.05, 0) is 25.1 Å². The van der Waals surface area contributed by atoms with Gasteiger partial charge in [0.2, 0.25) is 0 Å². The van der Waals surface area contributed by atoms with Crippen LogP contribution in [0.1, 0.15) is 18.9 Å². The van der Waals surface area contributed by atoms with Crippen molar-refractivity contribution in [3.05, 3.63) is 54.1 Å². The van der Waals surface area contributed by atoms with E-state index >= 15 is 0 Å². The van der Waals surface area contributed by atoms with E-state index in [0.717, 1.165) is 0 Å². The Morgan fingerprint density at radius 2 is 2.00 bits per heavy atom. The highest BCUT2D eigenvalue weighted by molar-refractivity contribution is 5.90. The summed E-state index contributed by atoms with van der Waals surface area (Å²) in [5.41, 5.74) is 0.128. The molecule has 1 aliphatic rings. The first-order valence-corrected chi connectivity index (χ1v) is 8.34. The van der Waals surface area contributed by atoms with Crippen molar-refractivity contribution < 1.29 is 19.4 Å². The lowest BCUT2D eigenvalue weighted by Gasteiger charge is -2.34. The highest BCUT2D eigenvalue weighted by Gasteiger charge is 2.35. The fraction of sp³-hybridized carbons (Fsp3) is 0.316. The number of carbonyl (C=O) groups excluding carboxylic acids is 1. The predicted octanol–water partition coefficient (Wildman–Crippen LogP) is 2.88. The van der Waals surface area contributed by atoms with E-state index in [9.17, 15) is 9.90 Å². The van der Waals surface area contributed by atoms with Crippen LogP contribution in [0.4, 0.5) is 10.5 Å². The quantitative estimate of drug-likeness (QED) is 0.781. The lowest BCUT2D eigenvalue weighted by atomic mass is 9.88. The lowest BCUT2D eigenvalue weighted by Crippen LogP contribution is -2.45. The number of benzene rings is 2. The molecule has 6 nitrogen and oxygen atoms in total. The van der Waals surface area contributed by atoms with E-state index < -0.39 is 11.6 Å². The van der Waals surface area contributed by atoms with Crippen LogP contribution in [0.5, 0.6) is 11.5 Å². The zero-order valence-corrected chi connectivity index (χ0v) is 14.1. The Morgan fingerprint density at radius 3 is 2.84 bits per heavy atom. The van der Waals surface area contributed by atoms with Crippen LogP contribution in [-0.4, -0.2) is 30.9 Å². The normalized spacial score (nSPS) is 18.6. The maximum Gasteiger partial charge on any atom is 0.319 e. The van der Waals surface area contributed by atoms with E-state index in [0.29, 0.717) is 42.4 Å². The van der Waals surface area contributed by atoms with E-state index in [2.05, 4.69) is 10.6 Å². The number of urea groups is 1. The van der Waals surface area contributed by atoms with Gasteiger partial charge in [0.05, 0.1) is 25.4 Å². The van der Waals surface area contributed by atoms with Gasteiger partial charge in [-0.25, -0.2) is 4.79 Å². The van der Waals surface area contributed by atoms with E-state index in [1.165, 1.54) is 0 Å². The minimum Gasteiger partial charge on any atom is -0.493 e. The Hall–Kier alpha value is -2.73. The Balaban J connectivity index is 1.65. The minimum atomic E-state index is -1.15. The van der Waals surface area contributed by atoms with Crippen molar-refractivity contribution in [1.82, 2.24) is 5.32 Å². The second kappa shape index (κ2) is 7.44. The molecule has 3 N–H and O–H groups in total. The van der Waals surface area contributed by atoms with Crippen LogP contribution in [0.25, 0.3) is 0 Å². The largest absolute Gasteiger partial charge is 0.493 e. The molecule has 6 heteroatoms. The monoisotopic (exact) mass is 342 g/mol. The van der Waals surface area contributed by atoms with Gasteiger partial charge in [0.25, 0.3) is 0 Å². The maximum atomic E-state index is 12.2. The van der Waals surface area contributed by atoms with Crippen molar-refractivity contribution in [2.75, 3.05) is 25.1 Å². The van der Waals surface area contributed by atoms with Crippen LogP contribution in [0.2, 0.25) is 0 Å². The average Bonchev–Trinajstić information content (AvgIpc) is 2.63. The summed E-state index contributed by atoms with van der Waals surface area (Å²) in [6.07, 6.45) is 0.416. The third-order valence-electron chi connectivity index (χ3n) is 4.14. The number of hydrogen-bond acceptors (Lipinski definition) is 4. The molecule has 1 unspecified atom stereocenters. The van der Waals surface area contributed by atoms with Gasteiger partial charge in [0.1, 0.15) is 17.1 Å². The summed E-state index contributed by atoms with van der Waals surface area (Å²) in [6, 6.07) is 14.2. The molecule has 25 heavy (non-hydrogen) atoms. The van der Waals surface area contributed by atoms with Crippen molar-refractivity contribution in [1.29, 1.82) is 0 Å². The molecule has 0 spiro atoms. The molecular formula is C19H22N2O4. The van der Waals surface area contributed by atoms with Crippen molar-refractivity contribution in [3.8, 4) is 11.5 Å². The Morgan fingerprint density at radius 1 is 1.24 bits per heavy atom. The molecule has 2 amide bonds. The van der Waals surface area contributed by atoms with E-state index in [1.54, 1.807) is 12.1 Å². The molecular weight excluding hydrogens is 320 g/mol. The number of rotatable bonds is 5. The molecule has 0 saturated carbocycles. The van der Waals surface area contributed by atoms with Gasteiger partial charge in [0, 0.05) is 12.0 Å². The molecule has 0 radical (unpaired) electrons. The van der Waals surface area contributed by atoms with E-state index in [-0.39, 0.29) is 6.54 Å². The molecule has 2 aromatic carbocycles. The molecule has 0 bridgehead atoms. The highest BCUT2D eigenvalue weighted by Crippen LogP contribution is 2.36. The molecule has 0 aliphatic carbocycles. The van der Waals surface area contributed by atoms with Crippen LogP contribution < -0.4 is 20.1 Å². The van der Waals surface area contributed by atoms with E-state index in [1.807, 2.05) is 43.3 Å². The molecule has 1 aliphatic heterocycles. The Bertz CT molecular complexity index is 750. The fourth-order valence-electron chi connectivity index (χ4n) is 2.87. The van der Waals surface area contributed by atoms with Crippen molar-refractivity contribution in [3.63, 3.8) is 0 Å². The smallest absolute Gasteiger partial charge is 0.319 e. The number of fused-ring (bicyclic) bond motifs is 1. The molecule has 1 atom stereocenters. The summed E-state index contributed by atoms with van der Waals surface area (Å²) in [7, 11) is 0. The summed E-state index contributed by atoms with van der Waals surface area (Å²) in [5.74, 6) is 1.26. The third kappa shape index (κ3) is 3.85.